The molecule has 0 radical (unpaired) electrons. The number of nitrogens with one attached hydrogen (secondary N) is 2. The van der Waals surface area contributed by atoms with Crippen LogP contribution in [-0.4, -0.2) is 82.7 Å². The topological polar surface area (TPSA) is 158 Å². The number of aromatic amines is 1. The molecule has 6 rings (SSSR count). The third-order valence-electron chi connectivity index (χ3n) is 10.1. The third kappa shape index (κ3) is 9.95. The zero-order valence-corrected chi connectivity index (χ0v) is 36.0. The minimum atomic E-state index is -1.66. The minimum Gasteiger partial charge on any atom is -0.497 e. The van der Waals surface area contributed by atoms with Gasteiger partial charge in [-0.1, -0.05) is 68.4 Å². The number of methoxy groups -OCH3 is 2. The second-order valence-electron chi connectivity index (χ2n) is 15.4. The van der Waals surface area contributed by atoms with Crippen molar-refractivity contribution in [2.45, 2.75) is 90.5 Å². The van der Waals surface area contributed by atoms with Crippen LogP contribution >= 0.6 is 8.53 Å². The molecule has 3 heterocycles. The lowest BCUT2D eigenvalue weighted by atomic mass is 9.80. The molecule has 314 valence electrons. The number of nitriles is 1. The highest BCUT2D eigenvalue weighted by Gasteiger charge is 2.45. The van der Waals surface area contributed by atoms with Crippen molar-refractivity contribution in [3.8, 4) is 17.6 Å². The number of ether oxygens (including phenoxy) is 4. The van der Waals surface area contributed by atoms with E-state index in [0.717, 1.165) is 16.7 Å². The Bertz CT molecular complexity index is 2130. The van der Waals surface area contributed by atoms with Crippen molar-refractivity contribution >= 4 is 25.5 Å². The van der Waals surface area contributed by atoms with Crippen molar-refractivity contribution in [2.24, 2.45) is 5.92 Å². The van der Waals surface area contributed by atoms with E-state index in [0.29, 0.717) is 47.4 Å². The van der Waals surface area contributed by atoms with E-state index in [1.807, 2.05) is 66.7 Å². The highest BCUT2D eigenvalue weighted by Crippen LogP contribution is 2.51. The van der Waals surface area contributed by atoms with Gasteiger partial charge in [0.25, 0.3) is 14.1 Å². The van der Waals surface area contributed by atoms with Crippen LogP contribution in [-0.2, 0) is 24.1 Å². The molecule has 1 fully saturated rings. The van der Waals surface area contributed by atoms with Crippen molar-refractivity contribution < 1.29 is 28.0 Å². The van der Waals surface area contributed by atoms with Gasteiger partial charge in [0.05, 0.1) is 52.2 Å². The SMILES string of the molecule is COc1ccc(C(OC[C@H]2O[C@@H](n3ncc4c(=O)[nH]c(NCC(C)C)nc43)C[C@@H]2OP(OCCC#N)N(C(C)C)C(C)C)(c2ccccc2)c2ccc(OC)cc2)cc1. The van der Waals surface area contributed by atoms with E-state index >= 15 is 0 Å². The summed E-state index contributed by atoms with van der Waals surface area (Å²) in [6.45, 7) is 13.5. The number of hydrogen-bond acceptors (Lipinski definition) is 12. The Balaban J connectivity index is 1.44. The van der Waals surface area contributed by atoms with E-state index < -0.39 is 32.6 Å². The zero-order valence-electron chi connectivity index (χ0n) is 35.1. The van der Waals surface area contributed by atoms with E-state index in [4.69, 9.17) is 33.0 Å². The van der Waals surface area contributed by atoms with Gasteiger partial charge in [-0.05, 0) is 74.6 Å². The van der Waals surface area contributed by atoms with Crippen molar-refractivity contribution in [1.29, 1.82) is 5.26 Å². The lowest BCUT2D eigenvalue weighted by Crippen LogP contribution is -2.39. The van der Waals surface area contributed by atoms with Crippen LogP contribution in [0.4, 0.5) is 5.95 Å². The molecule has 1 aliphatic rings. The number of hydrogen-bond donors (Lipinski definition) is 2. The van der Waals surface area contributed by atoms with Crippen LogP contribution in [0.2, 0.25) is 0 Å². The molecule has 59 heavy (non-hydrogen) atoms. The van der Waals surface area contributed by atoms with Crippen molar-refractivity contribution in [3.05, 3.63) is 112 Å². The van der Waals surface area contributed by atoms with E-state index in [9.17, 15) is 10.1 Å². The Morgan fingerprint density at radius 1 is 0.949 bits per heavy atom. The lowest BCUT2D eigenvalue weighted by Gasteiger charge is -2.39. The summed E-state index contributed by atoms with van der Waals surface area (Å²) in [5, 5.41) is 17.6. The fourth-order valence-corrected chi connectivity index (χ4v) is 9.09. The van der Waals surface area contributed by atoms with Crippen LogP contribution in [0.1, 0.15) is 77.3 Å². The summed E-state index contributed by atoms with van der Waals surface area (Å²) in [4.78, 5) is 20.9. The van der Waals surface area contributed by atoms with E-state index in [-0.39, 0.29) is 37.3 Å². The first-order chi connectivity index (χ1) is 28.5. The second-order valence-corrected chi connectivity index (χ2v) is 16.8. The fraction of sp³-hybridized carbons (Fsp3) is 0.455. The largest absolute Gasteiger partial charge is 0.497 e. The van der Waals surface area contributed by atoms with E-state index in [1.54, 1.807) is 18.9 Å². The highest BCUT2D eigenvalue weighted by atomic mass is 31.2. The number of rotatable bonds is 20. The maximum absolute atomic E-state index is 13.2. The number of nitrogens with zero attached hydrogens (tertiary/aromatic N) is 5. The standard InChI is InChI=1S/C44H56N7O7P/c1-29(2)26-46-43-48-41-37(42(52)49-43)27-47-50(41)40-25-38(58-59(56-24-12-23-45)51(30(3)4)31(5)6)39(57-40)28-55-44(32-13-10-9-11-14-32,33-15-19-35(53-7)20-16-33)34-17-21-36(54-8)22-18-34/h9-11,13-22,27,29-31,38-40H,12,24-26,28H2,1-8H3,(H2,46,48,49,52)/t38-,39+,40+,59?/m0/s1. The van der Waals surface area contributed by atoms with Gasteiger partial charge >= 0.3 is 0 Å². The third-order valence-corrected chi connectivity index (χ3v) is 12.3. The van der Waals surface area contributed by atoms with Crippen molar-refractivity contribution in [3.63, 3.8) is 0 Å². The van der Waals surface area contributed by atoms with Crippen LogP contribution in [0.3, 0.4) is 0 Å². The van der Waals surface area contributed by atoms with Crippen LogP contribution in [0.5, 0.6) is 11.5 Å². The fourth-order valence-electron chi connectivity index (χ4n) is 7.33. The van der Waals surface area contributed by atoms with Crippen molar-refractivity contribution in [1.82, 2.24) is 24.4 Å². The number of aromatic nitrogens is 4. The Kier molecular flexibility index (Phi) is 14.8. The normalized spacial score (nSPS) is 17.6. The van der Waals surface area contributed by atoms with Gasteiger partial charge in [-0.3, -0.25) is 9.78 Å². The second kappa shape index (κ2) is 19.9. The molecule has 0 bridgehead atoms. The van der Waals surface area contributed by atoms with Gasteiger partial charge < -0.3 is 33.3 Å². The molecular weight excluding hydrogens is 769 g/mol. The van der Waals surface area contributed by atoms with Gasteiger partial charge in [-0.2, -0.15) is 15.3 Å². The Morgan fingerprint density at radius 3 is 2.12 bits per heavy atom. The van der Waals surface area contributed by atoms with Crippen LogP contribution in [0.15, 0.2) is 89.9 Å². The molecule has 1 saturated heterocycles. The van der Waals surface area contributed by atoms with Crippen LogP contribution < -0.4 is 20.3 Å². The molecule has 0 amide bonds. The quantitative estimate of drug-likeness (QED) is 0.0442. The number of benzene rings is 3. The maximum atomic E-state index is 13.2. The maximum Gasteiger partial charge on any atom is 0.263 e. The van der Waals surface area contributed by atoms with Gasteiger partial charge in [0, 0.05) is 25.0 Å². The molecule has 14 nitrogen and oxygen atoms in total. The predicted octanol–water partition coefficient (Wildman–Crippen LogP) is 8.16. The van der Waals surface area contributed by atoms with E-state index in [1.165, 1.54) is 6.20 Å². The molecule has 2 aromatic heterocycles. The molecule has 2 N–H and O–H groups in total. The molecule has 1 unspecified atom stereocenters. The van der Waals surface area contributed by atoms with Gasteiger partial charge in [-0.25, -0.2) is 9.35 Å². The number of anilines is 1. The predicted molar refractivity (Wildman–Crippen MR) is 228 cm³/mol. The summed E-state index contributed by atoms with van der Waals surface area (Å²) in [5.41, 5.74) is 1.61. The molecule has 0 aliphatic carbocycles. The van der Waals surface area contributed by atoms with Gasteiger partial charge in [0.15, 0.2) is 11.9 Å². The first kappa shape index (κ1) is 43.7. The Hall–Kier alpha value is -4.87. The summed E-state index contributed by atoms with van der Waals surface area (Å²) in [6, 6.07) is 28.2. The molecule has 3 aromatic carbocycles. The van der Waals surface area contributed by atoms with Crippen molar-refractivity contribution in [2.75, 3.05) is 39.3 Å². The van der Waals surface area contributed by atoms with Gasteiger partial charge in [0.2, 0.25) is 5.95 Å². The molecule has 1 aliphatic heterocycles. The monoisotopic (exact) mass is 825 g/mol. The van der Waals surface area contributed by atoms with Gasteiger partial charge in [-0.15, -0.1) is 0 Å². The van der Waals surface area contributed by atoms with Crippen LogP contribution in [0.25, 0.3) is 11.0 Å². The Labute approximate surface area is 347 Å². The summed E-state index contributed by atoms with van der Waals surface area (Å²) in [5.74, 6) is 2.12. The van der Waals surface area contributed by atoms with E-state index in [2.05, 4.69) is 79.8 Å². The average molecular weight is 826 g/mol. The summed E-state index contributed by atoms with van der Waals surface area (Å²) in [7, 11) is 1.63. The highest BCUT2D eigenvalue weighted by molar-refractivity contribution is 7.44. The molecular formula is C44H56N7O7P. The summed E-state index contributed by atoms with van der Waals surface area (Å²) >= 11 is 0. The minimum absolute atomic E-state index is 0.0766. The smallest absolute Gasteiger partial charge is 0.263 e. The van der Waals surface area contributed by atoms with Crippen LogP contribution in [0, 0.1) is 17.2 Å². The first-order valence-electron chi connectivity index (χ1n) is 20.1. The molecule has 0 saturated carbocycles. The number of H-pyrrole nitrogens is 1. The summed E-state index contributed by atoms with van der Waals surface area (Å²) in [6.07, 6.45) is 0.203. The average Bonchev–Trinajstić information content (AvgIpc) is 3.85. The Morgan fingerprint density at radius 2 is 1.56 bits per heavy atom. The molecule has 5 aromatic rings. The molecule has 0 spiro atoms. The summed E-state index contributed by atoms with van der Waals surface area (Å²) < 4.78 is 42.6. The lowest BCUT2D eigenvalue weighted by molar-refractivity contribution is -0.0931. The zero-order chi connectivity index (χ0) is 42.1. The first-order valence-corrected chi connectivity index (χ1v) is 21.2. The molecule has 4 atom stereocenters. The molecule has 15 heteroatoms. The number of fused-ring (bicyclic) bond motifs is 1. The van der Waals surface area contributed by atoms with Gasteiger partial charge in [0.1, 0.15) is 28.6 Å².